The van der Waals surface area contributed by atoms with E-state index in [0.717, 1.165) is 18.4 Å². The highest BCUT2D eigenvalue weighted by molar-refractivity contribution is 5.36. The molecule has 0 saturated heterocycles. The number of halogens is 1. The Labute approximate surface area is 119 Å². The van der Waals surface area contributed by atoms with Gasteiger partial charge in [-0.15, -0.1) is 0 Å². The number of hydrogen-bond acceptors (Lipinski definition) is 1. The van der Waals surface area contributed by atoms with Crippen molar-refractivity contribution in [2.24, 2.45) is 0 Å². The molecule has 0 fully saturated rings. The van der Waals surface area contributed by atoms with Crippen molar-refractivity contribution in [2.75, 3.05) is 7.05 Å². The molecule has 0 aliphatic heterocycles. The number of hydrogen-bond donors (Lipinski definition) is 1. The van der Waals surface area contributed by atoms with E-state index < -0.39 is 0 Å². The minimum absolute atomic E-state index is 0.0395. The second kappa shape index (κ2) is 5.76. The van der Waals surface area contributed by atoms with Gasteiger partial charge in [-0.05, 0) is 43.5 Å². The zero-order chi connectivity index (χ0) is 13.9. The van der Waals surface area contributed by atoms with Crippen LogP contribution in [0.1, 0.15) is 41.5 Å². The largest absolute Gasteiger partial charge is 0.312 e. The molecular formula is C18H20FN. The van der Waals surface area contributed by atoms with Gasteiger partial charge in [0.25, 0.3) is 0 Å². The first kappa shape index (κ1) is 13.3. The van der Waals surface area contributed by atoms with Crippen LogP contribution in [0.5, 0.6) is 0 Å². The first-order chi connectivity index (χ1) is 9.81. The van der Waals surface area contributed by atoms with E-state index in [2.05, 4.69) is 29.6 Å². The van der Waals surface area contributed by atoms with E-state index in [4.69, 9.17) is 0 Å². The lowest BCUT2D eigenvalue weighted by Crippen LogP contribution is -2.27. The molecule has 2 heteroatoms. The molecule has 0 radical (unpaired) electrons. The zero-order valence-electron chi connectivity index (χ0n) is 11.8. The van der Waals surface area contributed by atoms with Crippen LogP contribution in [0.25, 0.3) is 0 Å². The van der Waals surface area contributed by atoms with Crippen molar-refractivity contribution in [1.82, 2.24) is 5.32 Å². The van der Waals surface area contributed by atoms with Gasteiger partial charge in [0, 0.05) is 17.5 Å². The molecule has 1 nitrogen and oxygen atoms in total. The summed E-state index contributed by atoms with van der Waals surface area (Å²) in [5, 5.41) is 3.33. The van der Waals surface area contributed by atoms with E-state index in [9.17, 15) is 4.39 Å². The Kier molecular flexibility index (Phi) is 3.83. The summed E-state index contributed by atoms with van der Waals surface area (Å²) in [4.78, 5) is 0. The predicted molar refractivity (Wildman–Crippen MR) is 80.3 cm³/mol. The highest BCUT2D eigenvalue weighted by Crippen LogP contribution is 2.40. The second-order valence-electron chi connectivity index (χ2n) is 5.49. The fraction of sp³-hybridized carbons (Fsp3) is 0.333. The number of nitrogens with one attached hydrogen (secondary N) is 1. The molecule has 1 aliphatic rings. The molecule has 0 aromatic heterocycles. The quantitative estimate of drug-likeness (QED) is 0.880. The van der Waals surface area contributed by atoms with Crippen LogP contribution in [0.2, 0.25) is 0 Å². The summed E-state index contributed by atoms with van der Waals surface area (Å²) in [6.07, 6.45) is 3.42. The Morgan fingerprint density at radius 3 is 2.65 bits per heavy atom. The van der Waals surface area contributed by atoms with Gasteiger partial charge in [0.2, 0.25) is 0 Å². The number of fused-ring (bicyclic) bond motifs is 1. The van der Waals surface area contributed by atoms with Gasteiger partial charge in [0.05, 0.1) is 0 Å². The summed E-state index contributed by atoms with van der Waals surface area (Å²) in [7, 11) is 1.92. The molecule has 1 N–H and O–H groups in total. The van der Waals surface area contributed by atoms with Crippen LogP contribution in [0.3, 0.4) is 0 Å². The molecule has 0 bridgehead atoms. The third-order valence-corrected chi connectivity index (χ3v) is 4.37. The van der Waals surface area contributed by atoms with Crippen LogP contribution in [0.15, 0.2) is 48.5 Å². The average Bonchev–Trinajstić information content (AvgIpc) is 2.50. The van der Waals surface area contributed by atoms with Crippen LogP contribution in [0.4, 0.5) is 4.39 Å². The molecule has 2 aromatic carbocycles. The van der Waals surface area contributed by atoms with Crippen LogP contribution in [-0.2, 0) is 6.42 Å². The SMILES string of the molecule is CNC(c1ccccc1F)C1CCCc2ccccc21. The fourth-order valence-electron chi connectivity index (χ4n) is 3.44. The molecule has 0 spiro atoms. The Balaban J connectivity index is 2.01. The van der Waals surface area contributed by atoms with Crippen LogP contribution >= 0.6 is 0 Å². The summed E-state index contributed by atoms with van der Waals surface area (Å²) >= 11 is 0. The van der Waals surface area contributed by atoms with Crippen molar-refractivity contribution in [3.8, 4) is 0 Å². The third kappa shape index (κ3) is 2.36. The molecule has 0 amide bonds. The maximum absolute atomic E-state index is 14.1. The van der Waals surface area contributed by atoms with Gasteiger partial charge in [-0.3, -0.25) is 0 Å². The maximum Gasteiger partial charge on any atom is 0.127 e. The maximum atomic E-state index is 14.1. The highest BCUT2D eigenvalue weighted by Gasteiger charge is 2.29. The predicted octanol–water partition coefficient (Wildman–Crippen LogP) is 4.21. The van der Waals surface area contributed by atoms with E-state index in [-0.39, 0.29) is 11.9 Å². The molecule has 2 unspecified atom stereocenters. The number of benzene rings is 2. The molecule has 104 valence electrons. The Bertz CT molecular complexity index is 593. The van der Waals surface area contributed by atoms with Gasteiger partial charge in [0.1, 0.15) is 5.82 Å². The summed E-state index contributed by atoms with van der Waals surface area (Å²) in [5.74, 6) is 0.233. The van der Waals surface area contributed by atoms with Gasteiger partial charge in [-0.1, -0.05) is 42.5 Å². The van der Waals surface area contributed by atoms with E-state index in [1.54, 1.807) is 12.1 Å². The lowest BCUT2D eigenvalue weighted by molar-refractivity contribution is 0.411. The van der Waals surface area contributed by atoms with Crippen molar-refractivity contribution in [2.45, 2.75) is 31.2 Å². The molecule has 1 aliphatic carbocycles. The second-order valence-corrected chi connectivity index (χ2v) is 5.49. The van der Waals surface area contributed by atoms with E-state index in [0.29, 0.717) is 5.92 Å². The Morgan fingerprint density at radius 1 is 1.10 bits per heavy atom. The summed E-state index contributed by atoms with van der Waals surface area (Å²) < 4.78 is 14.1. The summed E-state index contributed by atoms with van der Waals surface area (Å²) in [6.45, 7) is 0. The zero-order valence-corrected chi connectivity index (χ0v) is 11.8. The lowest BCUT2D eigenvalue weighted by Gasteiger charge is -2.32. The van der Waals surface area contributed by atoms with Gasteiger partial charge >= 0.3 is 0 Å². The topological polar surface area (TPSA) is 12.0 Å². The van der Waals surface area contributed by atoms with Crippen molar-refractivity contribution in [1.29, 1.82) is 0 Å². The van der Waals surface area contributed by atoms with Gasteiger partial charge in [-0.25, -0.2) is 4.39 Å². The van der Waals surface area contributed by atoms with Crippen LogP contribution in [-0.4, -0.2) is 7.05 Å². The molecule has 2 aromatic rings. The van der Waals surface area contributed by atoms with Gasteiger partial charge < -0.3 is 5.32 Å². The molecule has 3 rings (SSSR count). The molecule has 20 heavy (non-hydrogen) atoms. The van der Waals surface area contributed by atoms with Gasteiger partial charge in [0.15, 0.2) is 0 Å². The number of likely N-dealkylation sites (N-methyl/N-ethyl adjacent to an activating group) is 1. The van der Waals surface area contributed by atoms with Crippen molar-refractivity contribution in [3.05, 3.63) is 71.0 Å². The number of rotatable bonds is 3. The smallest absolute Gasteiger partial charge is 0.127 e. The van der Waals surface area contributed by atoms with E-state index >= 15 is 0 Å². The lowest BCUT2D eigenvalue weighted by atomic mass is 9.76. The molecule has 0 heterocycles. The van der Waals surface area contributed by atoms with Crippen molar-refractivity contribution in [3.63, 3.8) is 0 Å². The summed E-state index contributed by atoms with van der Waals surface area (Å²) in [5.41, 5.74) is 3.57. The van der Waals surface area contributed by atoms with Crippen LogP contribution in [0, 0.1) is 5.82 Å². The fourth-order valence-corrected chi connectivity index (χ4v) is 3.44. The van der Waals surface area contributed by atoms with Crippen molar-refractivity contribution >= 4 is 0 Å². The molecule has 2 atom stereocenters. The minimum atomic E-state index is -0.116. The normalized spacial score (nSPS) is 19.4. The van der Waals surface area contributed by atoms with E-state index in [1.807, 2.05) is 19.2 Å². The molecular weight excluding hydrogens is 249 g/mol. The Morgan fingerprint density at radius 2 is 1.85 bits per heavy atom. The van der Waals surface area contributed by atoms with Gasteiger partial charge in [-0.2, -0.15) is 0 Å². The minimum Gasteiger partial charge on any atom is -0.312 e. The highest BCUT2D eigenvalue weighted by atomic mass is 19.1. The molecule has 0 saturated carbocycles. The first-order valence-electron chi connectivity index (χ1n) is 7.30. The standard InChI is InChI=1S/C18H20FN/c1-20-18(16-10-4-5-12-17(16)19)15-11-6-8-13-7-2-3-9-14(13)15/h2-5,7,9-10,12,15,18,20H,6,8,11H2,1H3. The van der Waals surface area contributed by atoms with Crippen LogP contribution < -0.4 is 5.32 Å². The van der Waals surface area contributed by atoms with Crippen molar-refractivity contribution < 1.29 is 4.39 Å². The third-order valence-electron chi connectivity index (χ3n) is 4.37. The van der Waals surface area contributed by atoms with E-state index in [1.165, 1.54) is 17.5 Å². The average molecular weight is 269 g/mol. The summed E-state index contributed by atoms with van der Waals surface area (Å²) in [6, 6.07) is 15.7. The first-order valence-corrected chi connectivity index (χ1v) is 7.30. The monoisotopic (exact) mass is 269 g/mol. The Hall–Kier alpha value is -1.67. The number of aryl methyl sites for hydroxylation is 1.